The zero-order valence-corrected chi connectivity index (χ0v) is 14.2. The number of benzene rings is 1. The maximum absolute atomic E-state index is 12.4. The molecule has 0 radical (unpaired) electrons. The zero-order chi connectivity index (χ0) is 18.0. The van der Waals surface area contributed by atoms with Crippen molar-refractivity contribution >= 4 is 16.9 Å². The second-order valence-electron chi connectivity index (χ2n) is 5.38. The van der Waals surface area contributed by atoms with Crippen molar-refractivity contribution in [2.24, 2.45) is 0 Å². The number of methoxy groups -OCH3 is 1. The van der Waals surface area contributed by atoms with Crippen molar-refractivity contribution in [3.05, 3.63) is 58.1 Å². The lowest BCUT2D eigenvalue weighted by Gasteiger charge is -2.08. The Morgan fingerprint density at radius 1 is 1.24 bits per heavy atom. The summed E-state index contributed by atoms with van der Waals surface area (Å²) in [6.07, 6.45) is 0. The van der Waals surface area contributed by atoms with Gasteiger partial charge in [0.05, 0.1) is 36.2 Å². The summed E-state index contributed by atoms with van der Waals surface area (Å²) in [5, 5.41) is 0.725. The van der Waals surface area contributed by atoms with Crippen molar-refractivity contribution in [2.75, 3.05) is 13.7 Å². The van der Waals surface area contributed by atoms with Crippen molar-refractivity contribution in [1.82, 2.24) is 4.98 Å². The van der Waals surface area contributed by atoms with Gasteiger partial charge in [-0.25, -0.2) is 9.59 Å². The Bertz CT molecular complexity index is 1010. The fourth-order valence-corrected chi connectivity index (χ4v) is 2.59. The van der Waals surface area contributed by atoms with Crippen molar-refractivity contribution < 1.29 is 18.7 Å². The summed E-state index contributed by atoms with van der Waals surface area (Å²) in [5.74, 6) is 0.0530. The summed E-state index contributed by atoms with van der Waals surface area (Å²) in [6.45, 7) is 3.72. The molecule has 0 N–H and O–H groups in total. The van der Waals surface area contributed by atoms with Gasteiger partial charge < -0.3 is 13.9 Å². The molecule has 0 amide bonds. The van der Waals surface area contributed by atoms with E-state index in [0.717, 1.165) is 5.39 Å². The first kappa shape index (κ1) is 16.7. The van der Waals surface area contributed by atoms with E-state index in [0.29, 0.717) is 33.8 Å². The van der Waals surface area contributed by atoms with Gasteiger partial charge in [0.15, 0.2) is 11.3 Å². The Kier molecular flexibility index (Phi) is 4.52. The van der Waals surface area contributed by atoms with Gasteiger partial charge in [-0.2, -0.15) is 0 Å². The van der Waals surface area contributed by atoms with Crippen LogP contribution in [0.1, 0.15) is 23.0 Å². The average Bonchev–Trinajstić information content (AvgIpc) is 2.60. The van der Waals surface area contributed by atoms with Crippen LogP contribution in [0.3, 0.4) is 0 Å². The van der Waals surface area contributed by atoms with Crippen LogP contribution in [-0.2, 0) is 4.74 Å². The van der Waals surface area contributed by atoms with Crippen LogP contribution >= 0.6 is 0 Å². The summed E-state index contributed by atoms with van der Waals surface area (Å²) in [7, 11) is 1.52. The van der Waals surface area contributed by atoms with Gasteiger partial charge in [0.25, 0.3) is 0 Å². The topological polar surface area (TPSA) is 78.6 Å². The minimum absolute atomic E-state index is 0.288. The van der Waals surface area contributed by atoms with E-state index in [1.54, 1.807) is 38.1 Å². The third-order valence-corrected chi connectivity index (χ3v) is 3.80. The molecule has 2 aromatic heterocycles. The molecule has 0 spiro atoms. The standard InChI is InChI=1S/C19H17NO5/c1-4-24-18(21)13-8-9-15(20-11(13)2)14-10-12-6-5-7-16(23-3)17(12)25-19(14)22/h5-10H,4H2,1-3H3. The van der Waals surface area contributed by atoms with E-state index in [9.17, 15) is 9.59 Å². The molecule has 3 aromatic rings. The average molecular weight is 339 g/mol. The summed E-state index contributed by atoms with van der Waals surface area (Å²) < 4.78 is 15.6. The number of aryl methyl sites for hydroxylation is 1. The number of aromatic nitrogens is 1. The molecule has 0 atom stereocenters. The quantitative estimate of drug-likeness (QED) is 0.536. The van der Waals surface area contributed by atoms with Crippen molar-refractivity contribution in [3.8, 4) is 17.0 Å². The maximum Gasteiger partial charge on any atom is 0.345 e. The molecule has 0 saturated heterocycles. The van der Waals surface area contributed by atoms with Gasteiger partial charge in [0, 0.05) is 5.39 Å². The monoisotopic (exact) mass is 339 g/mol. The third-order valence-electron chi connectivity index (χ3n) is 3.80. The maximum atomic E-state index is 12.4. The van der Waals surface area contributed by atoms with E-state index in [1.807, 2.05) is 12.1 Å². The Labute approximate surface area is 144 Å². The smallest absolute Gasteiger partial charge is 0.345 e. The lowest BCUT2D eigenvalue weighted by Crippen LogP contribution is -2.10. The first-order chi connectivity index (χ1) is 12.0. The van der Waals surface area contributed by atoms with Crippen LogP contribution in [0.4, 0.5) is 0 Å². The van der Waals surface area contributed by atoms with Crippen LogP contribution in [0.5, 0.6) is 5.75 Å². The van der Waals surface area contributed by atoms with Gasteiger partial charge in [-0.15, -0.1) is 0 Å². The number of hydrogen-bond acceptors (Lipinski definition) is 6. The highest BCUT2D eigenvalue weighted by atomic mass is 16.5. The van der Waals surface area contributed by atoms with E-state index in [2.05, 4.69) is 4.98 Å². The molecule has 0 aliphatic heterocycles. The number of carbonyl (C=O) groups is 1. The van der Waals surface area contributed by atoms with Crippen LogP contribution in [-0.4, -0.2) is 24.7 Å². The van der Waals surface area contributed by atoms with Gasteiger partial charge in [-0.1, -0.05) is 12.1 Å². The number of ether oxygens (including phenoxy) is 2. The molecule has 6 heteroatoms. The van der Waals surface area contributed by atoms with Crippen LogP contribution < -0.4 is 10.4 Å². The Morgan fingerprint density at radius 2 is 2.04 bits per heavy atom. The molecule has 2 heterocycles. The van der Waals surface area contributed by atoms with Crippen LogP contribution in [0.15, 0.2) is 45.6 Å². The van der Waals surface area contributed by atoms with Gasteiger partial charge in [-0.05, 0) is 38.1 Å². The number of para-hydroxylation sites is 1. The molecular formula is C19H17NO5. The lowest BCUT2D eigenvalue weighted by molar-refractivity contribution is 0.0525. The molecule has 25 heavy (non-hydrogen) atoms. The minimum Gasteiger partial charge on any atom is -0.493 e. The molecular weight excluding hydrogens is 322 g/mol. The summed E-state index contributed by atoms with van der Waals surface area (Å²) in [5.41, 5.74) is 1.48. The number of nitrogens with zero attached hydrogens (tertiary/aromatic N) is 1. The molecule has 0 bridgehead atoms. The van der Waals surface area contributed by atoms with E-state index in [1.165, 1.54) is 7.11 Å². The first-order valence-electron chi connectivity index (χ1n) is 7.81. The van der Waals surface area contributed by atoms with E-state index in [-0.39, 0.29) is 6.61 Å². The van der Waals surface area contributed by atoms with Crippen LogP contribution in [0, 0.1) is 6.92 Å². The number of pyridine rings is 1. The van der Waals surface area contributed by atoms with Gasteiger partial charge in [0.1, 0.15) is 0 Å². The van der Waals surface area contributed by atoms with Crippen LogP contribution in [0.25, 0.3) is 22.2 Å². The number of fused-ring (bicyclic) bond motifs is 1. The second kappa shape index (κ2) is 6.76. The number of hydrogen-bond donors (Lipinski definition) is 0. The molecule has 0 aliphatic rings. The van der Waals surface area contributed by atoms with Crippen molar-refractivity contribution in [3.63, 3.8) is 0 Å². The summed E-state index contributed by atoms with van der Waals surface area (Å²) in [4.78, 5) is 28.6. The second-order valence-corrected chi connectivity index (χ2v) is 5.38. The lowest BCUT2D eigenvalue weighted by atomic mass is 10.1. The minimum atomic E-state index is -0.521. The van der Waals surface area contributed by atoms with Gasteiger partial charge in [-0.3, -0.25) is 4.98 Å². The molecule has 0 fully saturated rings. The number of rotatable bonds is 4. The fourth-order valence-electron chi connectivity index (χ4n) is 2.59. The summed E-state index contributed by atoms with van der Waals surface area (Å²) >= 11 is 0. The van der Waals surface area contributed by atoms with Gasteiger partial charge in [0.2, 0.25) is 0 Å². The highest BCUT2D eigenvalue weighted by molar-refractivity contribution is 5.91. The molecule has 0 unspecified atom stereocenters. The number of esters is 1. The van der Waals surface area contributed by atoms with Crippen molar-refractivity contribution in [2.45, 2.75) is 13.8 Å². The summed E-state index contributed by atoms with van der Waals surface area (Å²) in [6, 6.07) is 10.3. The Balaban J connectivity index is 2.11. The van der Waals surface area contributed by atoms with Gasteiger partial charge >= 0.3 is 11.6 Å². The molecule has 6 nitrogen and oxygen atoms in total. The number of carbonyl (C=O) groups excluding carboxylic acids is 1. The fraction of sp³-hybridized carbons (Fsp3) is 0.211. The van der Waals surface area contributed by atoms with E-state index < -0.39 is 11.6 Å². The SMILES string of the molecule is CCOC(=O)c1ccc(-c2cc3cccc(OC)c3oc2=O)nc1C. The molecule has 128 valence electrons. The first-order valence-corrected chi connectivity index (χ1v) is 7.81. The van der Waals surface area contributed by atoms with E-state index in [4.69, 9.17) is 13.9 Å². The van der Waals surface area contributed by atoms with Crippen molar-refractivity contribution in [1.29, 1.82) is 0 Å². The Morgan fingerprint density at radius 3 is 2.72 bits per heavy atom. The molecule has 0 saturated carbocycles. The van der Waals surface area contributed by atoms with Crippen LogP contribution in [0.2, 0.25) is 0 Å². The molecule has 3 rings (SSSR count). The zero-order valence-electron chi connectivity index (χ0n) is 14.2. The predicted molar refractivity (Wildman–Crippen MR) is 93.0 cm³/mol. The normalized spacial score (nSPS) is 10.7. The highest BCUT2D eigenvalue weighted by Gasteiger charge is 2.15. The predicted octanol–water partition coefficient (Wildman–Crippen LogP) is 3.35. The highest BCUT2D eigenvalue weighted by Crippen LogP contribution is 2.27. The largest absolute Gasteiger partial charge is 0.493 e. The molecule has 0 aliphatic carbocycles. The third kappa shape index (κ3) is 3.10. The Hall–Kier alpha value is -3.15. The van der Waals surface area contributed by atoms with E-state index >= 15 is 0 Å². The molecule has 1 aromatic carbocycles.